The monoisotopic (exact) mass is 231 g/mol. The number of benzene rings is 1. The molecular weight excluding hydrogens is 214 g/mol. The Morgan fingerprint density at radius 3 is 2.88 bits per heavy atom. The fourth-order valence-corrected chi connectivity index (χ4v) is 2.31. The van der Waals surface area contributed by atoms with Crippen LogP contribution in [0.25, 0.3) is 11.0 Å². The van der Waals surface area contributed by atoms with E-state index in [4.69, 9.17) is 10.2 Å². The van der Waals surface area contributed by atoms with Crippen LogP contribution in [0.3, 0.4) is 0 Å². The smallest absolute Gasteiger partial charge is 0.157 e. The molecule has 2 heterocycles. The Kier molecular flexibility index (Phi) is 2.74. The van der Waals surface area contributed by atoms with E-state index in [1.54, 1.807) is 0 Å². The quantitative estimate of drug-likeness (QED) is 0.768. The number of para-hydroxylation sites is 1. The number of nitrogens with two attached hydrogens (primary N) is 1. The van der Waals surface area contributed by atoms with E-state index in [9.17, 15) is 0 Å². The minimum atomic E-state index is 0.717. The summed E-state index contributed by atoms with van der Waals surface area (Å²) in [5.74, 6) is 1.000. The number of piperazine rings is 1. The molecule has 90 valence electrons. The van der Waals surface area contributed by atoms with E-state index >= 15 is 0 Å². The lowest BCUT2D eigenvalue weighted by molar-refractivity contribution is 0.218. The Morgan fingerprint density at radius 2 is 2.12 bits per heavy atom. The van der Waals surface area contributed by atoms with Crippen LogP contribution < -0.4 is 11.1 Å². The average molecular weight is 231 g/mol. The maximum Gasteiger partial charge on any atom is 0.157 e. The van der Waals surface area contributed by atoms with Crippen LogP contribution in [0, 0.1) is 0 Å². The predicted molar refractivity (Wildman–Crippen MR) is 68.8 cm³/mol. The molecule has 0 saturated carbocycles. The summed E-state index contributed by atoms with van der Waals surface area (Å²) in [7, 11) is 0. The maximum absolute atomic E-state index is 5.89. The molecule has 4 heteroatoms. The Hall–Kier alpha value is -1.52. The number of fused-ring (bicyclic) bond motifs is 1. The largest absolute Gasteiger partial charge is 0.458 e. The summed E-state index contributed by atoms with van der Waals surface area (Å²) < 4.78 is 5.81. The van der Waals surface area contributed by atoms with Crippen LogP contribution in [0.15, 0.2) is 28.7 Å². The summed E-state index contributed by atoms with van der Waals surface area (Å²) in [6.07, 6.45) is 0. The second kappa shape index (κ2) is 4.39. The molecule has 1 aliphatic heterocycles. The molecule has 1 saturated heterocycles. The first kappa shape index (κ1) is 10.6. The van der Waals surface area contributed by atoms with E-state index in [-0.39, 0.29) is 0 Å². The van der Waals surface area contributed by atoms with Crippen molar-refractivity contribution < 1.29 is 4.42 Å². The highest BCUT2D eigenvalue weighted by molar-refractivity contribution is 5.88. The zero-order valence-electron chi connectivity index (χ0n) is 9.78. The van der Waals surface area contributed by atoms with Gasteiger partial charge in [-0.3, -0.25) is 4.90 Å². The molecule has 1 aromatic heterocycles. The van der Waals surface area contributed by atoms with Gasteiger partial charge < -0.3 is 15.5 Å². The SMILES string of the molecule is Nc1cccc2cc(CN3CCNCC3)oc12. The van der Waals surface area contributed by atoms with Gasteiger partial charge in [0.25, 0.3) is 0 Å². The molecule has 0 bridgehead atoms. The highest BCUT2D eigenvalue weighted by Gasteiger charge is 2.13. The number of nitrogens with one attached hydrogen (secondary N) is 1. The van der Waals surface area contributed by atoms with E-state index in [2.05, 4.69) is 16.3 Å². The van der Waals surface area contributed by atoms with Crippen LogP contribution in [0.5, 0.6) is 0 Å². The van der Waals surface area contributed by atoms with Gasteiger partial charge in [0.05, 0.1) is 12.2 Å². The number of rotatable bonds is 2. The van der Waals surface area contributed by atoms with Crippen LogP contribution in [0.1, 0.15) is 5.76 Å². The van der Waals surface area contributed by atoms with Gasteiger partial charge >= 0.3 is 0 Å². The van der Waals surface area contributed by atoms with Crippen molar-refractivity contribution in [1.82, 2.24) is 10.2 Å². The fourth-order valence-electron chi connectivity index (χ4n) is 2.31. The van der Waals surface area contributed by atoms with Crippen molar-refractivity contribution in [2.45, 2.75) is 6.54 Å². The highest BCUT2D eigenvalue weighted by Crippen LogP contribution is 2.25. The zero-order valence-corrected chi connectivity index (χ0v) is 9.78. The lowest BCUT2D eigenvalue weighted by Gasteiger charge is -2.26. The number of hydrogen-bond acceptors (Lipinski definition) is 4. The summed E-state index contributed by atoms with van der Waals surface area (Å²) in [5.41, 5.74) is 7.42. The Bertz CT molecular complexity index is 514. The van der Waals surface area contributed by atoms with Crippen LogP contribution in [-0.2, 0) is 6.54 Å². The molecule has 0 radical (unpaired) electrons. The summed E-state index contributed by atoms with van der Waals surface area (Å²) in [6, 6.07) is 7.96. The normalized spacial score (nSPS) is 17.6. The first-order chi connectivity index (χ1) is 8.33. The number of anilines is 1. The zero-order chi connectivity index (χ0) is 11.7. The number of nitrogens with zero attached hydrogens (tertiary/aromatic N) is 1. The molecule has 0 aliphatic carbocycles. The third kappa shape index (κ3) is 2.14. The van der Waals surface area contributed by atoms with Crippen molar-refractivity contribution in [3.05, 3.63) is 30.0 Å². The van der Waals surface area contributed by atoms with Gasteiger partial charge in [-0.25, -0.2) is 0 Å². The van der Waals surface area contributed by atoms with Crippen LogP contribution >= 0.6 is 0 Å². The minimum Gasteiger partial charge on any atom is -0.458 e. The Labute approximate surface area is 100 Å². The molecule has 0 atom stereocenters. The summed E-state index contributed by atoms with van der Waals surface area (Å²) in [4.78, 5) is 2.39. The molecule has 1 fully saturated rings. The van der Waals surface area contributed by atoms with Gasteiger partial charge in [-0.15, -0.1) is 0 Å². The third-order valence-electron chi connectivity index (χ3n) is 3.21. The molecule has 4 nitrogen and oxygen atoms in total. The van der Waals surface area contributed by atoms with Crippen LogP contribution in [0.4, 0.5) is 5.69 Å². The first-order valence-corrected chi connectivity index (χ1v) is 6.03. The summed E-state index contributed by atoms with van der Waals surface area (Å²) in [5, 5.41) is 4.44. The minimum absolute atomic E-state index is 0.717. The standard InChI is InChI=1S/C13H17N3O/c14-12-3-1-2-10-8-11(17-13(10)12)9-16-6-4-15-5-7-16/h1-3,8,15H,4-7,9,14H2. The van der Waals surface area contributed by atoms with Crippen molar-refractivity contribution in [3.63, 3.8) is 0 Å². The van der Waals surface area contributed by atoms with E-state index in [1.807, 2.05) is 18.2 Å². The molecule has 3 rings (SSSR count). The van der Waals surface area contributed by atoms with Crippen molar-refractivity contribution in [3.8, 4) is 0 Å². The van der Waals surface area contributed by atoms with E-state index in [0.717, 1.165) is 49.5 Å². The van der Waals surface area contributed by atoms with E-state index in [0.29, 0.717) is 5.69 Å². The van der Waals surface area contributed by atoms with E-state index in [1.165, 1.54) is 0 Å². The predicted octanol–water partition coefficient (Wildman–Crippen LogP) is 1.42. The number of nitrogen functional groups attached to an aromatic ring is 1. The lowest BCUT2D eigenvalue weighted by atomic mass is 10.2. The van der Waals surface area contributed by atoms with Gasteiger partial charge in [0.2, 0.25) is 0 Å². The third-order valence-corrected chi connectivity index (χ3v) is 3.21. The molecule has 0 amide bonds. The Balaban J connectivity index is 1.83. The molecule has 1 aromatic carbocycles. The number of furan rings is 1. The molecule has 17 heavy (non-hydrogen) atoms. The van der Waals surface area contributed by atoms with Gasteiger partial charge in [0.15, 0.2) is 5.58 Å². The van der Waals surface area contributed by atoms with Gasteiger partial charge in [-0.2, -0.15) is 0 Å². The van der Waals surface area contributed by atoms with Gasteiger partial charge in [-0.05, 0) is 12.1 Å². The van der Waals surface area contributed by atoms with Crippen molar-refractivity contribution >= 4 is 16.7 Å². The second-order valence-electron chi connectivity index (χ2n) is 4.50. The molecule has 0 spiro atoms. The molecule has 3 N–H and O–H groups in total. The number of hydrogen-bond donors (Lipinski definition) is 2. The van der Waals surface area contributed by atoms with E-state index < -0.39 is 0 Å². The first-order valence-electron chi connectivity index (χ1n) is 6.03. The molecule has 0 unspecified atom stereocenters. The Morgan fingerprint density at radius 1 is 1.29 bits per heavy atom. The van der Waals surface area contributed by atoms with Gasteiger partial charge in [-0.1, -0.05) is 12.1 Å². The van der Waals surface area contributed by atoms with Crippen molar-refractivity contribution in [1.29, 1.82) is 0 Å². The van der Waals surface area contributed by atoms with Gasteiger partial charge in [0, 0.05) is 31.6 Å². The topological polar surface area (TPSA) is 54.4 Å². The molecule has 2 aromatic rings. The average Bonchev–Trinajstić information content (AvgIpc) is 2.74. The molecular formula is C13H17N3O. The summed E-state index contributed by atoms with van der Waals surface area (Å²) >= 11 is 0. The second-order valence-corrected chi connectivity index (χ2v) is 4.50. The lowest BCUT2D eigenvalue weighted by Crippen LogP contribution is -2.42. The highest BCUT2D eigenvalue weighted by atomic mass is 16.3. The van der Waals surface area contributed by atoms with Gasteiger partial charge in [0.1, 0.15) is 5.76 Å². The van der Waals surface area contributed by atoms with Crippen molar-refractivity contribution in [2.24, 2.45) is 0 Å². The fraction of sp³-hybridized carbons (Fsp3) is 0.385. The van der Waals surface area contributed by atoms with Crippen molar-refractivity contribution in [2.75, 3.05) is 31.9 Å². The molecule has 1 aliphatic rings. The summed E-state index contributed by atoms with van der Waals surface area (Å²) in [6.45, 7) is 5.14. The maximum atomic E-state index is 5.89. The van der Waals surface area contributed by atoms with Crippen LogP contribution in [0.2, 0.25) is 0 Å². The van der Waals surface area contributed by atoms with Crippen LogP contribution in [-0.4, -0.2) is 31.1 Å².